The molecule has 0 atom stereocenters. The number of amides is 2. The Morgan fingerprint density at radius 1 is 1.33 bits per heavy atom. The third-order valence-corrected chi connectivity index (χ3v) is 4.34. The summed E-state index contributed by atoms with van der Waals surface area (Å²) in [4.78, 5) is 31.1. The molecule has 128 valence electrons. The number of primary amides is 1. The van der Waals surface area contributed by atoms with Gasteiger partial charge in [0, 0.05) is 19.1 Å². The van der Waals surface area contributed by atoms with Crippen molar-refractivity contribution in [2.24, 2.45) is 5.73 Å². The first-order valence-corrected chi connectivity index (χ1v) is 8.06. The monoisotopic (exact) mass is 351 g/mol. The number of likely N-dealkylation sites (tertiary alicyclic amines) is 1. The fourth-order valence-electron chi connectivity index (χ4n) is 3.01. The highest BCUT2D eigenvalue weighted by atomic mass is 32.1. The highest BCUT2D eigenvalue weighted by Crippen LogP contribution is 2.19. The highest BCUT2D eigenvalue weighted by Gasteiger charge is 2.23. The minimum absolute atomic E-state index is 0.0261. The summed E-state index contributed by atoms with van der Waals surface area (Å²) in [7, 11) is 0. The molecular weight excluding hydrogens is 333 g/mol. The number of carbonyl (C=O) groups is 2. The molecule has 2 amide bonds. The average molecular weight is 351 g/mol. The van der Waals surface area contributed by atoms with Gasteiger partial charge in [-0.15, -0.1) is 0 Å². The first-order valence-electron chi connectivity index (χ1n) is 7.65. The van der Waals surface area contributed by atoms with E-state index in [1.54, 1.807) is 0 Å². The van der Waals surface area contributed by atoms with Gasteiger partial charge in [-0.25, -0.2) is 4.39 Å². The first kappa shape index (κ1) is 16.6. The lowest BCUT2D eigenvalue weighted by Gasteiger charge is -2.31. The van der Waals surface area contributed by atoms with Gasteiger partial charge in [0.15, 0.2) is 4.77 Å². The Balaban J connectivity index is 1.70. The summed E-state index contributed by atoms with van der Waals surface area (Å²) >= 11 is 5.00. The molecule has 2 aromatic rings. The van der Waals surface area contributed by atoms with Gasteiger partial charge >= 0.3 is 0 Å². The van der Waals surface area contributed by atoms with Gasteiger partial charge in [-0.1, -0.05) is 0 Å². The van der Waals surface area contributed by atoms with E-state index in [-0.39, 0.29) is 30.0 Å². The summed E-state index contributed by atoms with van der Waals surface area (Å²) in [6.45, 7) is 1.59. The Bertz CT molecular complexity index is 838. The number of aromatic nitrogens is 2. The van der Waals surface area contributed by atoms with Crippen molar-refractivity contribution in [3.63, 3.8) is 0 Å². The molecule has 0 bridgehead atoms. The van der Waals surface area contributed by atoms with Crippen molar-refractivity contribution in [2.75, 3.05) is 19.6 Å². The molecule has 1 fully saturated rings. The molecule has 9 heteroatoms. The molecule has 2 heterocycles. The molecule has 1 saturated heterocycles. The molecule has 5 N–H and O–H groups in total. The van der Waals surface area contributed by atoms with Gasteiger partial charge in [0.05, 0.1) is 23.1 Å². The van der Waals surface area contributed by atoms with Crippen LogP contribution in [0.4, 0.5) is 4.39 Å². The summed E-state index contributed by atoms with van der Waals surface area (Å²) in [6.07, 6.45) is 1.42. The number of piperidine rings is 1. The Hall–Kier alpha value is -2.26. The number of hydrogen-bond donors (Lipinski definition) is 4. The van der Waals surface area contributed by atoms with E-state index in [1.165, 1.54) is 12.1 Å². The molecule has 0 saturated carbocycles. The highest BCUT2D eigenvalue weighted by molar-refractivity contribution is 7.71. The number of aromatic amines is 2. The maximum absolute atomic E-state index is 13.7. The van der Waals surface area contributed by atoms with E-state index < -0.39 is 5.82 Å². The summed E-state index contributed by atoms with van der Waals surface area (Å²) in [5.41, 5.74) is 6.35. The number of nitrogens with two attached hydrogens (primary N) is 1. The van der Waals surface area contributed by atoms with Crippen LogP contribution in [0.15, 0.2) is 12.1 Å². The largest absolute Gasteiger partial charge is 0.369 e. The van der Waals surface area contributed by atoms with Crippen LogP contribution in [-0.4, -0.2) is 52.4 Å². The fourth-order valence-corrected chi connectivity index (χ4v) is 3.22. The van der Waals surface area contributed by atoms with E-state index in [0.29, 0.717) is 41.7 Å². The van der Waals surface area contributed by atoms with Crippen LogP contribution in [-0.2, 0) is 4.79 Å². The molecule has 1 aromatic heterocycles. The Labute approximate surface area is 142 Å². The molecular formula is C15H18FN5O2S. The summed E-state index contributed by atoms with van der Waals surface area (Å²) in [5.74, 6) is -1.21. The van der Waals surface area contributed by atoms with Crippen LogP contribution >= 0.6 is 12.2 Å². The lowest BCUT2D eigenvalue weighted by atomic mass is 10.0. The number of rotatable bonds is 4. The zero-order chi connectivity index (χ0) is 17.3. The quantitative estimate of drug-likeness (QED) is 0.618. The van der Waals surface area contributed by atoms with Crippen LogP contribution in [0.1, 0.15) is 23.2 Å². The second-order valence-electron chi connectivity index (χ2n) is 5.95. The third-order valence-electron chi connectivity index (χ3n) is 4.14. The van der Waals surface area contributed by atoms with Crippen LogP contribution in [0, 0.1) is 10.6 Å². The maximum Gasteiger partial charge on any atom is 0.253 e. The standard InChI is InChI=1S/C15H18FN5O2S/c16-8-5-10(13-11(6-8)19-15(24)20-13)14(23)18-9-1-3-21(4-2-9)7-12(17)22/h5-6,9H,1-4,7H2,(H2,17,22)(H,18,23)(H2,19,20,24). The number of carbonyl (C=O) groups excluding carboxylic acids is 2. The SMILES string of the molecule is NC(=O)CN1CCC(NC(=O)c2cc(F)cc3[nH]c(=S)[nH]c23)CC1. The molecule has 1 aliphatic rings. The number of imidazole rings is 1. The van der Waals surface area contributed by atoms with Gasteiger partial charge in [0.1, 0.15) is 5.82 Å². The number of nitrogens with one attached hydrogen (secondary N) is 3. The second kappa shape index (κ2) is 6.70. The van der Waals surface area contributed by atoms with Crippen molar-refractivity contribution in [3.8, 4) is 0 Å². The maximum atomic E-state index is 13.7. The second-order valence-corrected chi connectivity index (χ2v) is 6.35. The Kier molecular flexibility index (Phi) is 4.63. The van der Waals surface area contributed by atoms with Gasteiger partial charge < -0.3 is 21.0 Å². The molecule has 1 aromatic carbocycles. The average Bonchev–Trinajstić information content (AvgIpc) is 2.87. The molecule has 7 nitrogen and oxygen atoms in total. The van der Waals surface area contributed by atoms with Gasteiger partial charge in [-0.3, -0.25) is 14.5 Å². The predicted molar refractivity (Wildman–Crippen MR) is 89.6 cm³/mol. The van der Waals surface area contributed by atoms with E-state index in [9.17, 15) is 14.0 Å². The predicted octanol–water partition coefficient (Wildman–Crippen LogP) is 1.04. The molecule has 24 heavy (non-hydrogen) atoms. The summed E-state index contributed by atoms with van der Waals surface area (Å²) in [5, 5.41) is 2.92. The van der Waals surface area contributed by atoms with E-state index in [0.717, 1.165) is 0 Å². The minimum Gasteiger partial charge on any atom is -0.369 e. The lowest BCUT2D eigenvalue weighted by Crippen LogP contribution is -2.46. The fraction of sp³-hybridized carbons (Fsp3) is 0.400. The minimum atomic E-state index is -0.505. The lowest BCUT2D eigenvalue weighted by molar-refractivity contribution is -0.119. The number of nitrogens with zero attached hydrogens (tertiary/aromatic N) is 1. The van der Waals surface area contributed by atoms with Crippen molar-refractivity contribution in [3.05, 3.63) is 28.3 Å². The van der Waals surface area contributed by atoms with Crippen LogP contribution in [0.3, 0.4) is 0 Å². The number of hydrogen-bond acceptors (Lipinski definition) is 4. The van der Waals surface area contributed by atoms with Crippen LogP contribution in [0.5, 0.6) is 0 Å². The van der Waals surface area contributed by atoms with Crippen molar-refractivity contribution in [2.45, 2.75) is 18.9 Å². The molecule has 0 aliphatic carbocycles. The zero-order valence-electron chi connectivity index (χ0n) is 12.9. The first-order chi connectivity index (χ1) is 11.4. The third kappa shape index (κ3) is 3.62. The topological polar surface area (TPSA) is 107 Å². The van der Waals surface area contributed by atoms with E-state index in [2.05, 4.69) is 15.3 Å². The molecule has 0 spiro atoms. The van der Waals surface area contributed by atoms with Gasteiger partial charge in [0.25, 0.3) is 5.91 Å². The van der Waals surface area contributed by atoms with Crippen molar-refractivity contribution in [1.29, 1.82) is 0 Å². The van der Waals surface area contributed by atoms with Crippen LogP contribution in [0.2, 0.25) is 0 Å². The van der Waals surface area contributed by atoms with Gasteiger partial charge in [0.2, 0.25) is 5.91 Å². The molecule has 3 rings (SSSR count). The Morgan fingerprint density at radius 3 is 2.71 bits per heavy atom. The van der Waals surface area contributed by atoms with Gasteiger partial charge in [-0.05, 0) is 37.2 Å². The van der Waals surface area contributed by atoms with Crippen molar-refractivity contribution in [1.82, 2.24) is 20.2 Å². The number of fused-ring (bicyclic) bond motifs is 1. The normalized spacial score (nSPS) is 16.4. The zero-order valence-corrected chi connectivity index (χ0v) is 13.7. The Morgan fingerprint density at radius 2 is 2.04 bits per heavy atom. The molecule has 0 radical (unpaired) electrons. The van der Waals surface area contributed by atoms with E-state index >= 15 is 0 Å². The van der Waals surface area contributed by atoms with E-state index in [4.69, 9.17) is 18.0 Å². The smallest absolute Gasteiger partial charge is 0.253 e. The summed E-state index contributed by atoms with van der Waals surface area (Å²) < 4.78 is 14.1. The van der Waals surface area contributed by atoms with E-state index in [1.807, 2.05) is 4.90 Å². The van der Waals surface area contributed by atoms with Crippen molar-refractivity contribution >= 4 is 35.1 Å². The number of H-pyrrole nitrogens is 2. The number of halogens is 1. The molecule has 1 aliphatic heterocycles. The van der Waals surface area contributed by atoms with Crippen LogP contribution in [0.25, 0.3) is 11.0 Å². The summed E-state index contributed by atoms with van der Waals surface area (Å²) in [6, 6.07) is 2.46. The van der Waals surface area contributed by atoms with Gasteiger partial charge in [-0.2, -0.15) is 0 Å². The van der Waals surface area contributed by atoms with Crippen molar-refractivity contribution < 1.29 is 14.0 Å². The number of benzene rings is 1. The molecule has 0 unspecified atom stereocenters. The van der Waals surface area contributed by atoms with Crippen LogP contribution < -0.4 is 11.1 Å².